The minimum absolute atomic E-state index is 0.0694. The molecule has 1 rings (SSSR count). The van der Waals surface area contributed by atoms with Gasteiger partial charge in [0.2, 0.25) is 0 Å². The van der Waals surface area contributed by atoms with E-state index in [1.807, 2.05) is 0 Å². The average molecular weight is 170 g/mol. The number of carboxylic acids is 1. The quantitative estimate of drug-likeness (QED) is 0.650. The van der Waals surface area contributed by atoms with Gasteiger partial charge in [-0.15, -0.1) is 0 Å². The van der Waals surface area contributed by atoms with Gasteiger partial charge in [-0.05, 0) is 18.8 Å². The second kappa shape index (κ2) is 3.70. The maximum atomic E-state index is 10.7. The highest BCUT2D eigenvalue weighted by Crippen LogP contribution is 2.36. The SMILES string of the molecule is CC(C=O)[C@H]1CCC[C@H]1C(=O)O. The Kier molecular flexibility index (Phi) is 2.84. The third-order valence-corrected chi connectivity index (χ3v) is 2.78. The van der Waals surface area contributed by atoms with Gasteiger partial charge in [0.15, 0.2) is 0 Å². The molecule has 3 nitrogen and oxygen atoms in total. The van der Waals surface area contributed by atoms with E-state index in [-0.39, 0.29) is 17.8 Å². The van der Waals surface area contributed by atoms with Crippen LogP contribution in [0.2, 0.25) is 0 Å². The molecule has 0 bridgehead atoms. The van der Waals surface area contributed by atoms with Gasteiger partial charge in [-0.1, -0.05) is 13.3 Å². The molecule has 0 aromatic carbocycles. The highest BCUT2D eigenvalue weighted by Gasteiger charge is 2.35. The van der Waals surface area contributed by atoms with Crippen LogP contribution in [-0.4, -0.2) is 17.4 Å². The zero-order valence-electron chi connectivity index (χ0n) is 7.19. The molecule has 1 fully saturated rings. The third-order valence-electron chi connectivity index (χ3n) is 2.78. The Bertz CT molecular complexity index is 188. The summed E-state index contributed by atoms with van der Waals surface area (Å²) < 4.78 is 0. The van der Waals surface area contributed by atoms with Gasteiger partial charge in [-0.25, -0.2) is 0 Å². The van der Waals surface area contributed by atoms with E-state index in [0.29, 0.717) is 0 Å². The van der Waals surface area contributed by atoms with Crippen molar-refractivity contribution in [3.8, 4) is 0 Å². The first kappa shape index (κ1) is 9.23. The largest absolute Gasteiger partial charge is 0.481 e. The monoisotopic (exact) mass is 170 g/mol. The summed E-state index contributed by atoms with van der Waals surface area (Å²) in [4.78, 5) is 21.2. The fourth-order valence-electron chi connectivity index (χ4n) is 2.03. The van der Waals surface area contributed by atoms with Crippen LogP contribution in [0.15, 0.2) is 0 Å². The summed E-state index contributed by atoms with van der Waals surface area (Å²) in [6.07, 6.45) is 3.43. The molecule has 1 aliphatic rings. The summed E-state index contributed by atoms with van der Waals surface area (Å²) in [5.41, 5.74) is 0. The Balaban J connectivity index is 2.63. The molecule has 0 amide bonds. The fraction of sp³-hybridized carbons (Fsp3) is 0.778. The first-order chi connectivity index (χ1) is 5.66. The van der Waals surface area contributed by atoms with Crippen molar-refractivity contribution in [2.24, 2.45) is 17.8 Å². The predicted molar refractivity (Wildman–Crippen MR) is 43.7 cm³/mol. The molecule has 0 saturated heterocycles. The number of carboxylic acid groups (broad SMARTS) is 1. The summed E-state index contributed by atoms with van der Waals surface area (Å²) in [5.74, 6) is -1.06. The smallest absolute Gasteiger partial charge is 0.306 e. The Hall–Kier alpha value is -0.860. The molecule has 1 saturated carbocycles. The van der Waals surface area contributed by atoms with Crippen LogP contribution in [0.3, 0.4) is 0 Å². The Morgan fingerprint density at radius 1 is 1.58 bits per heavy atom. The molecular weight excluding hydrogens is 156 g/mol. The standard InChI is InChI=1S/C9H14O3/c1-6(5-10)7-3-2-4-8(7)9(11)12/h5-8H,2-4H2,1H3,(H,11,12)/t6?,7-,8-/m1/s1. The van der Waals surface area contributed by atoms with Crippen LogP contribution >= 0.6 is 0 Å². The minimum Gasteiger partial charge on any atom is -0.481 e. The number of hydrogen-bond donors (Lipinski definition) is 1. The Labute approximate surface area is 71.8 Å². The van der Waals surface area contributed by atoms with Crippen LogP contribution in [0.4, 0.5) is 0 Å². The van der Waals surface area contributed by atoms with E-state index in [1.54, 1.807) is 6.92 Å². The average Bonchev–Trinajstić information content (AvgIpc) is 2.50. The van der Waals surface area contributed by atoms with Crippen LogP contribution < -0.4 is 0 Å². The van der Waals surface area contributed by atoms with Crippen molar-refractivity contribution in [2.75, 3.05) is 0 Å². The van der Waals surface area contributed by atoms with Crippen LogP contribution in [0, 0.1) is 17.8 Å². The van der Waals surface area contributed by atoms with Gasteiger partial charge < -0.3 is 9.90 Å². The molecule has 68 valence electrons. The number of carbonyl (C=O) groups excluding carboxylic acids is 1. The lowest BCUT2D eigenvalue weighted by Crippen LogP contribution is -2.24. The van der Waals surface area contributed by atoms with E-state index in [2.05, 4.69) is 0 Å². The van der Waals surface area contributed by atoms with Crippen molar-refractivity contribution in [1.82, 2.24) is 0 Å². The summed E-state index contributed by atoms with van der Waals surface area (Å²) in [6, 6.07) is 0. The van der Waals surface area contributed by atoms with Gasteiger partial charge in [0, 0.05) is 5.92 Å². The second-order valence-corrected chi connectivity index (χ2v) is 3.53. The number of hydrogen-bond acceptors (Lipinski definition) is 2. The number of aliphatic carboxylic acids is 1. The highest BCUT2D eigenvalue weighted by molar-refractivity contribution is 5.71. The number of aldehydes is 1. The van der Waals surface area contributed by atoms with E-state index in [4.69, 9.17) is 5.11 Å². The molecule has 0 aliphatic heterocycles. The Morgan fingerprint density at radius 2 is 2.25 bits per heavy atom. The normalized spacial score (nSPS) is 31.4. The lowest BCUT2D eigenvalue weighted by atomic mass is 9.86. The molecule has 0 spiro atoms. The molecule has 0 heterocycles. The molecular formula is C9H14O3. The fourth-order valence-corrected chi connectivity index (χ4v) is 2.03. The molecule has 0 radical (unpaired) electrons. The van der Waals surface area contributed by atoms with Crippen molar-refractivity contribution in [3.63, 3.8) is 0 Å². The molecule has 12 heavy (non-hydrogen) atoms. The lowest BCUT2D eigenvalue weighted by molar-refractivity contribution is -0.143. The first-order valence-corrected chi connectivity index (χ1v) is 4.35. The van der Waals surface area contributed by atoms with E-state index in [9.17, 15) is 9.59 Å². The van der Waals surface area contributed by atoms with E-state index >= 15 is 0 Å². The molecule has 1 unspecified atom stereocenters. The van der Waals surface area contributed by atoms with Gasteiger partial charge in [0.25, 0.3) is 0 Å². The van der Waals surface area contributed by atoms with E-state index in [1.165, 1.54) is 0 Å². The molecule has 0 aromatic heterocycles. The second-order valence-electron chi connectivity index (χ2n) is 3.53. The van der Waals surface area contributed by atoms with Crippen molar-refractivity contribution in [1.29, 1.82) is 0 Å². The van der Waals surface area contributed by atoms with Gasteiger partial charge in [0.1, 0.15) is 6.29 Å². The van der Waals surface area contributed by atoms with Gasteiger partial charge >= 0.3 is 5.97 Å². The Morgan fingerprint density at radius 3 is 2.75 bits per heavy atom. The van der Waals surface area contributed by atoms with Gasteiger partial charge in [0.05, 0.1) is 5.92 Å². The van der Waals surface area contributed by atoms with Gasteiger partial charge in [-0.2, -0.15) is 0 Å². The van der Waals surface area contributed by atoms with Crippen molar-refractivity contribution in [3.05, 3.63) is 0 Å². The molecule has 1 aliphatic carbocycles. The topological polar surface area (TPSA) is 54.4 Å². The maximum Gasteiger partial charge on any atom is 0.306 e. The summed E-state index contributed by atoms with van der Waals surface area (Å²) in [6.45, 7) is 1.80. The zero-order valence-corrected chi connectivity index (χ0v) is 7.19. The van der Waals surface area contributed by atoms with E-state index < -0.39 is 5.97 Å². The lowest BCUT2D eigenvalue weighted by Gasteiger charge is -2.17. The van der Waals surface area contributed by atoms with Crippen LogP contribution in [-0.2, 0) is 9.59 Å². The summed E-state index contributed by atoms with van der Waals surface area (Å²) >= 11 is 0. The van der Waals surface area contributed by atoms with Crippen molar-refractivity contribution in [2.45, 2.75) is 26.2 Å². The van der Waals surface area contributed by atoms with E-state index in [0.717, 1.165) is 25.5 Å². The predicted octanol–water partition coefficient (Wildman–Crippen LogP) is 1.32. The van der Waals surface area contributed by atoms with Crippen molar-refractivity contribution >= 4 is 12.3 Å². The minimum atomic E-state index is -0.744. The van der Waals surface area contributed by atoms with Crippen LogP contribution in [0.25, 0.3) is 0 Å². The summed E-state index contributed by atoms with van der Waals surface area (Å²) in [5, 5.41) is 8.81. The van der Waals surface area contributed by atoms with Crippen LogP contribution in [0.1, 0.15) is 26.2 Å². The molecule has 3 heteroatoms. The number of carbonyl (C=O) groups is 2. The number of rotatable bonds is 3. The highest BCUT2D eigenvalue weighted by atomic mass is 16.4. The molecule has 1 N–H and O–H groups in total. The molecule has 3 atom stereocenters. The van der Waals surface area contributed by atoms with Crippen molar-refractivity contribution < 1.29 is 14.7 Å². The zero-order chi connectivity index (χ0) is 9.14. The van der Waals surface area contributed by atoms with Gasteiger partial charge in [-0.3, -0.25) is 4.79 Å². The summed E-state index contributed by atoms with van der Waals surface area (Å²) in [7, 11) is 0. The third kappa shape index (κ3) is 1.65. The first-order valence-electron chi connectivity index (χ1n) is 4.35. The van der Waals surface area contributed by atoms with Crippen LogP contribution in [0.5, 0.6) is 0 Å². The maximum absolute atomic E-state index is 10.7. The molecule has 0 aromatic rings.